The van der Waals surface area contributed by atoms with Crippen LogP contribution < -0.4 is 0 Å². The smallest absolute Gasteiger partial charge is 0.395 e. The van der Waals surface area contributed by atoms with Crippen molar-refractivity contribution in [2.24, 2.45) is 0 Å². The van der Waals surface area contributed by atoms with E-state index < -0.39 is 6.36 Å². The van der Waals surface area contributed by atoms with Crippen molar-refractivity contribution in [2.75, 3.05) is 19.0 Å². The molecule has 0 spiro atoms. The highest BCUT2D eigenvalue weighted by Gasteiger charge is 2.28. The van der Waals surface area contributed by atoms with E-state index in [0.29, 0.717) is 0 Å². The average Bonchev–Trinajstić information content (AvgIpc) is 1.96. The zero-order valence-corrected chi connectivity index (χ0v) is 7.41. The molecule has 0 aliphatic heterocycles. The number of thioether (sulfide) groups is 1. The maximum atomic E-state index is 11.4. The summed E-state index contributed by atoms with van der Waals surface area (Å²) in [5, 5.41) is 8.47. The summed E-state index contributed by atoms with van der Waals surface area (Å²) in [6.07, 6.45) is -4.54. The molecule has 0 fully saturated rings. The molecule has 0 amide bonds. The van der Waals surface area contributed by atoms with E-state index in [1.54, 1.807) is 6.92 Å². The van der Waals surface area contributed by atoms with Crippen LogP contribution in [0.5, 0.6) is 0 Å². The lowest BCUT2D eigenvalue weighted by atomic mass is 10.5. The molecular formula is C6H11F3O2S. The van der Waals surface area contributed by atoms with Crippen molar-refractivity contribution in [1.82, 2.24) is 0 Å². The Labute approximate surface area is 73.1 Å². The Morgan fingerprint density at radius 3 is 2.50 bits per heavy atom. The molecule has 0 saturated heterocycles. The van der Waals surface area contributed by atoms with E-state index in [2.05, 4.69) is 4.74 Å². The Kier molecular flexibility index (Phi) is 5.69. The molecule has 0 aromatic rings. The second-order valence-corrected chi connectivity index (χ2v) is 3.70. The lowest BCUT2D eigenvalue weighted by molar-refractivity contribution is -0.322. The number of aliphatic hydroxyl groups excluding tert-OH is 1. The van der Waals surface area contributed by atoms with Crippen molar-refractivity contribution in [3.05, 3.63) is 0 Å². The fourth-order valence-corrected chi connectivity index (χ4v) is 1.15. The van der Waals surface area contributed by atoms with Crippen LogP contribution in [0, 0.1) is 0 Å². The summed E-state index contributed by atoms with van der Waals surface area (Å²) in [5.74, 6) is 0.237. The van der Waals surface area contributed by atoms with E-state index >= 15 is 0 Å². The fraction of sp³-hybridized carbons (Fsp3) is 1.00. The van der Waals surface area contributed by atoms with E-state index in [-0.39, 0.29) is 24.2 Å². The molecule has 0 aliphatic carbocycles. The van der Waals surface area contributed by atoms with Gasteiger partial charge in [-0.1, -0.05) is 6.92 Å². The van der Waals surface area contributed by atoms with Crippen LogP contribution in [0.3, 0.4) is 0 Å². The van der Waals surface area contributed by atoms with Crippen LogP contribution >= 0.6 is 11.8 Å². The zero-order valence-electron chi connectivity index (χ0n) is 6.60. The minimum Gasteiger partial charge on any atom is -0.395 e. The maximum Gasteiger partial charge on any atom is 0.522 e. The normalized spacial score (nSPS) is 14.8. The van der Waals surface area contributed by atoms with Crippen LogP contribution in [0.15, 0.2) is 0 Å². The molecule has 2 nitrogen and oxygen atoms in total. The molecule has 0 aromatic heterocycles. The SMILES string of the molecule is CC(CO)SCCOC(F)(F)F. The Balaban J connectivity index is 3.22. The van der Waals surface area contributed by atoms with Gasteiger partial charge in [-0.3, -0.25) is 4.74 Å². The highest BCUT2D eigenvalue weighted by Crippen LogP contribution is 2.17. The molecule has 12 heavy (non-hydrogen) atoms. The summed E-state index contributed by atoms with van der Waals surface area (Å²) in [5.41, 5.74) is 0. The quantitative estimate of drug-likeness (QED) is 0.690. The summed E-state index contributed by atoms with van der Waals surface area (Å²) in [6.45, 7) is 1.34. The number of ether oxygens (including phenoxy) is 1. The van der Waals surface area contributed by atoms with Crippen molar-refractivity contribution in [1.29, 1.82) is 0 Å². The summed E-state index contributed by atoms with van der Waals surface area (Å²) in [6, 6.07) is 0. The van der Waals surface area contributed by atoms with E-state index in [4.69, 9.17) is 5.11 Å². The Hall–Kier alpha value is 0.0600. The number of rotatable bonds is 5. The van der Waals surface area contributed by atoms with Gasteiger partial charge in [0.15, 0.2) is 0 Å². The van der Waals surface area contributed by atoms with Crippen LogP contribution in [0.4, 0.5) is 13.2 Å². The first-order chi connectivity index (χ1) is 5.45. The summed E-state index contributed by atoms with van der Waals surface area (Å²) < 4.78 is 37.7. The van der Waals surface area contributed by atoms with Gasteiger partial charge in [-0.2, -0.15) is 11.8 Å². The van der Waals surface area contributed by atoms with Gasteiger partial charge in [0.05, 0.1) is 13.2 Å². The molecule has 0 aromatic carbocycles. The van der Waals surface area contributed by atoms with Gasteiger partial charge in [-0.25, -0.2) is 0 Å². The Morgan fingerprint density at radius 2 is 2.08 bits per heavy atom. The van der Waals surface area contributed by atoms with Crippen LogP contribution in [0.1, 0.15) is 6.92 Å². The Bertz CT molecular complexity index is 118. The first-order valence-corrected chi connectivity index (χ1v) is 4.43. The number of halogens is 3. The van der Waals surface area contributed by atoms with E-state index in [0.717, 1.165) is 0 Å². The number of alkyl halides is 3. The predicted molar refractivity (Wildman–Crippen MR) is 41.0 cm³/mol. The molecule has 1 unspecified atom stereocenters. The van der Waals surface area contributed by atoms with Crippen molar-refractivity contribution >= 4 is 11.8 Å². The van der Waals surface area contributed by atoms with Gasteiger partial charge < -0.3 is 5.11 Å². The van der Waals surface area contributed by atoms with Crippen molar-refractivity contribution in [2.45, 2.75) is 18.5 Å². The van der Waals surface area contributed by atoms with Gasteiger partial charge in [0.1, 0.15) is 0 Å². The molecule has 1 N–H and O–H groups in total. The van der Waals surface area contributed by atoms with E-state index in [1.807, 2.05) is 0 Å². The van der Waals surface area contributed by atoms with Gasteiger partial charge in [-0.05, 0) is 0 Å². The second-order valence-electron chi connectivity index (χ2n) is 2.16. The molecular weight excluding hydrogens is 193 g/mol. The van der Waals surface area contributed by atoms with Crippen molar-refractivity contribution < 1.29 is 23.0 Å². The van der Waals surface area contributed by atoms with Crippen LogP contribution in [-0.4, -0.2) is 35.7 Å². The van der Waals surface area contributed by atoms with Gasteiger partial charge in [-0.15, -0.1) is 13.2 Å². The molecule has 74 valence electrons. The molecule has 1 atom stereocenters. The Morgan fingerprint density at radius 1 is 1.50 bits per heavy atom. The van der Waals surface area contributed by atoms with Crippen LogP contribution in [-0.2, 0) is 4.74 Å². The maximum absolute atomic E-state index is 11.4. The number of hydrogen-bond donors (Lipinski definition) is 1. The average molecular weight is 204 g/mol. The standard InChI is InChI=1S/C6H11F3O2S/c1-5(4-10)12-3-2-11-6(7,8)9/h5,10H,2-4H2,1H3. The van der Waals surface area contributed by atoms with Crippen LogP contribution in [0.2, 0.25) is 0 Å². The van der Waals surface area contributed by atoms with Crippen molar-refractivity contribution in [3.63, 3.8) is 0 Å². The first-order valence-electron chi connectivity index (χ1n) is 3.39. The highest BCUT2D eigenvalue weighted by atomic mass is 32.2. The molecule has 6 heteroatoms. The second kappa shape index (κ2) is 5.66. The first kappa shape index (κ1) is 12.1. The topological polar surface area (TPSA) is 29.5 Å². The third-order valence-corrected chi connectivity index (χ3v) is 2.13. The van der Waals surface area contributed by atoms with E-state index in [9.17, 15) is 13.2 Å². The molecule has 0 rings (SSSR count). The summed E-state index contributed by atoms with van der Waals surface area (Å²) >= 11 is 1.24. The summed E-state index contributed by atoms with van der Waals surface area (Å²) in [7, 11) is 0. The minimum absolute atomic E-state index is 0.0311. The third-order valence-electron chi connectivity index (χ3n) is 1.01. The van der Waals surface area contributed by atoms with E-state index in [1.165, 1.54) is 11.8 Å². The molecule has 0 radical (unpaired) electrons. The largest absolute Gasteiger partial charge is 0.522 e. The zero-order chi connectivity index (χ0) is 9.61. The molecule has 0 bridgehead atoms. The van der Waals surface area contributed by atoms with Crippen LogP contribution in [0.25, 0.3) is 0 Å². The van der Waals surface area contributed by atoms with Gasteiger partial charge in [0, 0.05) is 11.0 Å². The predicted octanol–water partition coefficient (Wildman–Crippen LogP) is 1.64. The van der Waals surface area contributed by atoms with Gasteiger partial charge >= 0.3 is 6.36 Å². The molecule has 0 saturated carbocycles. The third kappa shape index (κ3) is 8.16. The lowest BCUT2D eigenvalue weighted by Gasteiger charge is -2.09. The highest BCUT2D eigenvalue weighted by molar-refractivity contribution is 7.99. The molecule has 0 aliphatic rings. The number of aliphatic hydroxyl groups is 1. The van der Waals surface area contributed by atoms with Gasteiger partial charge in [0.2, 0.25) is 0 Å². The number of hydrogen-bond acceptors (Lipinski definition) is 3. The van der Waals surface area contributed by atoms with Gasteiger partial charge in [0.25, 0.3) is 0 Å². The summed E-state index contributed by atoms with van der Waals surface area (Å²) in [4.78, 5) is 0. The molecule has 0 heterocycles. The monoisotopic (exact) mass is 204 g/mol. The lowest BCUT2D eigenvalue weighted by Crippen LogP contribution is -2.16. The van der Waals surface area contributed by atoms with Crippen molar-refractivity contribution in [3.8, 4) is 0 Å². The minimum atomic E-state index is -4.54. The fourth-order valence-electron chi connectivity index (χ4n) is 0.459.